The first-order chi connectivity index (χ1) is 16.4. The van der Waals surface area contributed by atoms with Gasteiger partial charge in [-0.15, -0.1) is 11.8 Å². The Labute approximate surface area is 221 Å². The minimum absolute atomic E-state index is 0.0733. The van der Waals surface area contributed by atoms with Crippen LogP contribution in [0.3, 0.4) is 0 Å². The molecule has 1 atom stereocenters. The Balaban J connectivity index is 1.72. The summed E-state index contributed by atoms with van der Waals surface area (Å²) in [6, 6.07) is 12.4. The smallest absolute Gasteiger partial charge is 0.243 e. The van der Waals surface area contributed by atoms with E-state index in [0.717, 1.165) is 36.8 Å². The van der Waals surface area contributed by atoms with Crippen LogP contribution in [0, 0.1) is 0 Å². The largest absolute Gasteiger partial charge is 0.352 e. The van der Waals surface area contributed by atoms with Crippen LogP contribution in [-0.4, -0.2) is 34.6 Å². The van der Waals surface area contributed by atoms with Gasteiger partial charge in [-0.1, -0.05) is 79.2 Å². The Morgan fingerprint density at radius 3 is 2.29 bits per heavy atom. The van der Waals surface area contributed by atoms with Crippen molar-refractivity contribution in [3.05, 3.63) is 68.7 Å². The van der Waals surface area contributed by atoms with Gasteiger partial charge in [0, 0.05) is 33.4 Å². The molecule has 184 valence electrons. The molecule has 4 nitrogen and oxygen atoms in total. The van der Waals surface area contributed by atoms with Gasteiger partial charge in [-0.05, 0) is 54.7 Å². The number of hydrogen-bond acceptors (Lipinski definition) is 3. The lowest BCUT2D eigenvalue weighted by Crippen LogP contribution is -2.52. The van der Waals surface area contributed by atoms with Gasteiger partial charge in [-0.3, -0.25) is 9.59 Å². The molecule has 0 heterocycles. The molecule has 2 aromatic carbocycles. The number of amides is 2. The second-order valence-corrected chi connectivity index (χ2v) is 10.8. The van der Waals surface area contributed by atoms with E-state index in [4.69, 9.17) is 34.8 Å². The number of nitrogens with one attached hydrogen (secondary N) is 1. The van der Waals surface area contributed by atoms with Crippen LogP contribution in [0.5, 0.6) is 0 Å². The zero-order chi connectivity index (χ0) is 24.5. The molecule has 0 saturated heterocycles. The lowest BCUT2D eigenvalue weighted by atomic mass is 9.95. The van der Waals surface area contributed by atoms with E-state index in [9.17, 15) is 9.59 Å². The molecule has 1 fully saturated rings. The van der Waals surface area contributed by atoms with Crippen LogP contribution in [-0.2, 0) is 21.9 Å². The van der Waals surface area contributed by atoms with Gasteiger partial charge in [0.1, 0.15) is 6.04 Å². The van der Waals surface area contributed by atoms with Crippen molar-refractivity contribution in [1.29, 1.82) is 0 Å². The molecule has 0 bridgehead atoms. The summed E-state index contributed by atoms with van der Waals surface area (Å²) in [6.45, 7) is 2.30. The van der Waals surface area contributed by atoms with Gasteiger partial charge in [0.15, 0.2) is 0 Å². The third kappa shape index (κ3) is 7.81. The Hall–Kier alpha value is -1.40. The van der Waals surface area contributed by atoms with E-state index in [1.807, 2.05) is 19.1 Å². The Morgan fingerprint density at radius 2 is 1.68 bits per heavy atom. The molecule has 1 aliphatic rings. The number of thioether (sulfide) groups is 1. The summed E-state index contributed by atoms with van der Waals surface area (Å²) in [4.78, 5) is 28.4. The molecule has 3 rings (SSSR count). The van der Waals surface area contributed by atoms with Crippen molar-refractivity contribution in [1.82, 2.24) is 10.2 Å². The highest BCUT2D eigenvalue weighted by Crippen LogP contribution is 2.28. The maximum Gasteiger partial charge on any atom is 0.243 e. The van der Waals surface area contributed by atoms with Crippen LogP contribution in [0.4, 0.5) is 0 Å². The topological polar surface area (TPSA) is 49.4 Å². The molecule has 2 aromatic rings. The van der Waals surface area contributed by atoms with Gasteiger partial charge in [0.25, 0.3) is 0 Å². The predicted molar refractivity (Wildman–Crippen MR) is 144 cm³/mol. The maximum atomic E-state index is 13.4. The summed E-state index contributed by atoms with van der Waals surface area (Å²) in [5.74, 6) is 0.580. The molecular formula is C26H31Cl3N2O2S. The van der Waals surface area contributed by atoms with Crippen LogP contribution in [0.25, 0.3) is 0 Å². The van der Waals surface area contributed by atoms with Crippen LogP contribution in [0.15, 0.2) is 42.5 Å². The average molecular weight is 542 g/mol. The predicted octanol–water partition coefficient (Wildman–Crippen LogP) is 7.14. The van der Waals surface area contributed by atoms with Gasteiger partial charge in [0.2, 0.25) is 11.8 Å². The zero-order valence-electron chi connectivity index (χ0n) is 19.4. The van der Waals surface area contributed by atoms with Gasteiger partial charge < -0.3 is 10.2 Å². The number of hydrogen-bond donors (Lipinski definition) is 1. The van der Waals surface area contributed by atoms with Crippen LogP contribution >= 0.6 is 46.6 Å². The van der Waals surface area contributed by atoms with Crippen LogP contribution in [0.2, 0.25) is 15.1 Å². The fourth-order valence-corrected chi connectivity index (χ4v) is 6.02. The molecule has 34 heavy (non-hydrogen) atoms. The first-order valence-electron chi connectivity index (χ1n) is 11.7. The molecule has 0 aromatic heterocycles. The van der Waals surface area contributed by atoms with Crippen molar-refractivity contribution < 1.29 is 9.59 Å². The highest BCUT2D eigenvalue weighted by Gasteiger charge is 2.30. The summed E-state index contributed by atoms with van der Waals surface area (Å²) in [7, 11) is 0. The second-order valence-electron chi connectivity index (χ2n) is 8.61. The van der Waals surface area contributed by atoms with Crippen molar-refractivity contribution in [3.63, 3.8) is 0 Å². The summed E-state index contributed by atoms with van der Waals surface area (Å²) in [5, 5.41) is 5.01. The molecule has 1 N–H and O–H groups in total. The van der Waals surface area contributed by atoms with E-state index < -0.39 is 6.04 Å². The van der Waals surface area contributed by atoms with Crippen molar-refractivity contribution in [3.8, 4) is 0 Å². The first-order valence-corrected chi connectivity index (χ1v) is 14.0. The van der Waals surface area contributed by atoms with E-state index >= 15 is 0 Å². The monoisotopic (exact) mass is 540 g/mol. The van der Waals surface area contributed by atoms with Crippen molar-refractivity contribution >= 4 is 58.4 Å². The SMILES string of the molecule is CC[C@H](C(=O)NC1CCCCC1)N(Cc1ccc(Cl)cc1)C(=O)CSCc1c(Cl)cccc1Cl. The van der Waals surface area contributed by atoms with E-state index in [-0.39, 0.29) is 23.6 Å². The highest BCUT2D eigenvalue weighted by molar-refractivity contribution is 7.99. The summed E-state index contributed by atoms with van der Waals surface area (Å²) < 4.78 is 0. The minimum Gasteiger partial charge on any atom is -0.352 e. The molecule has 8 heteroatoms. The Morgan fingerprint density at radius 1 is 1.03 bits per heavy atom. The standard InChI is InChI=1S/C26H31Cl3N2O2S/c1-2-24(26(33)30-20-7-4-3-5-8-20)31(15-18-11-13-19(27)14-12-18)25(32)17-34-16-21-22(28)9-6-10-23(21)29/h6,9-14,20,24H,2-5,7-8,15-17H2,1H3,(H,30,33)/t24-/m1/s1. The lowest BCUT2D eigenvalue weighted by molar-refractivity contribution is -0.139. The van der Waals surface area contributed by atoms with E-state index in [1.165, 1.54) is 18.2 Å². The third-order valence-corrected chi connectivity index (χ3v) is 8.04. The Bertz CT molecular complexity index is 945. The zero-order valence-corrected chi connectivity index (χ0v) is 22.5. The van der Waals surface area contributed by atoms with Crippen LogP contribution in [0.1, 0.15) is 56.6 Å². The maximum absolute atomic E-state index is 13.4. The molecule has 2 amide bonds. The lowest BCUT2D eigenvalue weighted by Gasteiger charge is -2.32. The Kier molecular flexibility index (Phi) is 10.9. The average Bonchev–Trinajstić information content (AvgIpc) is 2.82. The van der Waals surface area contributed by atoms with Crippen LogP contribution < -0.4 is 5.32 Å². The first kappa shape index (κ1) is 27.2. The molecule has 0 radical (unpaired) electrons. The van der Waals surface area contributed by atoms with Crippen molar-refractivity contribution in [2.75, 3.05) is 5.75 Å². The number of carbonyl (C=O) groups is 2. The normalized spacial score (nSPS) is 15.1. The number of carbonyl (C=O) groups excluding carboxylic acids is 2. The van der Waals surface area contributed by atoms with Gasteiger partial charge in [0.05, 0.1) is 5.75 Å². The molecule has 1 aliphatic carbocycles. The third-order valence-electron chi connectivity index (χ3n) is 6.14. The second kappa shape index (κ2) is 13.6. The summed E-state index contributed by atoms with van der Waals surface area (Å²) >= 11 is 20.0. The van der Waals surface area contributed by atoms with Gasteiger partial charge in [-0.2, -0.15) is 0 Å². The molecule has 0 aliphatic heterocycles. The molecule has 1 saturated carbocycles. The molecule has 0 unspecified atom stereocenters. The number of nitrogens with zero attached hydrogens (tertiary/aromatic N) is 1. The van der Waals surface area contributed by atoms with E-state index in [2.05, 4.69) is 5.32 Å². The highest BCUT2D eigenvalue weighted by atomic mass is 35.5. The number of halogens is 3. The van der Waals surface area contributed by atoms with Gasteiger partial charge >= 0.3 is 0 Å². The van der Waals surface area contributed by atoms with E-state index in [0.29, 0.717) is 33.8 Å². The van der Waals surface area contributed by atoms with Crippen molar-refractivity contribution in [2.24, 2.45) is 0 Å². The molecule has 0 spiro atoms. The minimum atomic E-state index is -0.533. The summed E-state index contributed by atoms with van der Waals surface area (Å²) in [5.41, 5.74) is 1.75. The van der Waals surface area contributed by atoms with Crippen molar-refractivity contribution in [2.45, 2.75) is 69.8 Å². The fraction of sp³-hybridized carbons (Fsp3) is 0.462. The number of rotatable bonds is 10. The van der Waals surface area contributed by atoms with E-state index in [1.54, 1.807) is 35.2 Å². The molecular weight excluding hydrogens is 511 g/mol. The number of benzene rings is 2. The quantitative estimate of drug-likeness (QED) is 0.348. The summed E-state index contributed by atoms with van der Waals surface area (Å²) in [6.07, 6.45) is 6.03. The fourth-order valence-electron chi connectivity index (χ4n) is 4.24. The van der Waals surface area contributed by atoms with Gasteiger partial charge in [-0.25, -0.2) is 0 Å².